The molecule has 0 saturated carbocycles. The Morgan fingerprint density at radius 3 is 2.86 bits per heavy atom. The Labute approximate surface area is 120 Å². The van der Waals surface area contributed by atoms with Crippen molar-refractivity contribution in [1.29, 1.82) is 0 Å². The van der Waals surface area contributed by atoms with Crippen LogP contribution in [0.15, 0.2) is 24.5 Å². The van der Waals surface area contributed by atoms with E-state index in [1.54, 1.807) is 15.5 Å². The zero-order chi connectivity index (χ0) is 14.8. The number of aromatic nitrogens is 2. The highest BCUT2D eigenvalue weighted by molar-refractivity contribution is 5.82. The molecule has 1 fully saturated rings. The highest BCUT2D eigenvalue weighted by atomic mass is 16.6. The number of nitro benzene ring substituents is 1. The summed E-state index contributed by atoms with van der Waals surface area (Å²) in [6.45, 7) is 2.48. The van der Waals surface area contributed by atoms with Crippen molar-refractivity contribution in [2.45, 2.75) is 6.54 Å². The second-order valence-electron chi connectivity index (χ2n) is 4.80. The van der Waals surface area contributed by atoms with Crippen molar-refractivity contribution < 1.29 is 14.5 Å². The van der Waals surface area contributed by atoms with Crippen LogP contribution in [-0.2, 0) is 16.1 Å². The predicted octanol–water partition coefficient (Wildman–Crippen LogP) is 0.803. The molecule has 0 unspecified atom stereocenters. The van der Waals surface area contributed by atoms with E-state index in [1.807, 2.05) is 0 Å². The molecule has 0 N–H and O–H groups in total. The number of morpholine rings is 1. The number of amides is 1. The Kier molecular flexibility index (Phi) is 3.53. The van der Waals surface area contributed by atoms with Gasteiger partial charge < -0.3 is 14.2 Å². The third kappa shape index (κ3) is 2.70. The Hall–Kier alpha value is -2.48. The van der Waals surface area contributed by atoms with Gasteiger partial charge in [0.1, 0.15) is 6.54 Å². The lowest BCUT2D eigenvalue weighted by Gasteiger charge is -2.27. The molecule has 0 bridgehead atoms. The molecule has 0 atom stereocenters. The van der Waals surface area contributed by atoms with Crippen molar-refractivity contribution >= 4 is 22.6 Å². The number of nitro groups is 1. The van der Waals surface area contributed by atoms with Crippen LogP contribution in [0.25, 0.3) is 11.0 Å². The number of hydrogen-bond donors (Lipinski definition) is 0. The number of nitrogens with zero attached hydrogens (tertiary/aromatic N) is 4. The van der Waals surface area contributed by atoms with E-state index in [9.17, 15) is 14.9 Å². The molecule has 8 heteroatoms. The van der Waals surface area contributed by atoms with Crippen LogP contribution >= 0.6 is 0 Å². The Bertz CT molecular complexity index is 691. The largest absolute Gasteiger partial charge is 0.378 e. The number of non-ortho nitro benzene ring substituents is 1. The summed E-state index contributed by atoms with van der Waals surface area (Å²) in [5.41, 5.74) is 1.22. The van der Waals surface area contributed by atoms with E-state index < -0.39 is 4.92 Å². The van der Waals surface area contributed by atoms with Gasteiger partial charge in [-0.3, -0.25) is 14.9 Å². The quantitative estimate of drug-likeness (QED) is 0.616. The molecule has 2 aromatic rings. The first-order valence-corrected chi connectivity index (χ1v) is 6.60. The van der Waals surface area contributed by atoms with E-state index >= 15 is 0 Å². The Morgan fingerprint density at radius 1 is 1.38 bits per heavy atom. The number of ether oxygens (including phenoxy) is 1. The molecule has 2 heterocycles. The molecule has 0 spiro atoms. The van der Waals surface area contributed by atoms with E-state index in [-0.39, 0.29) is 18.1 Å². The maximum absolute atomic E-state index is 12.2. The van der Waals surface area contributed by atoms with Gasteiger partial charge in [-0.15, -0.1) is 0 Å². The summed E-state index contributed by atoms with van der Waals surface area (Å²) >= 11 is 0. The SMILES string of the molecule is O=C(Cn1cnc2cc([N+](=O)[O-])ccc21)N1CCOCC1. The zero-order valence-corrected chi connectivity index (χ0v) is 11.3. The fourth-order valence-corrected chi connectivity index (χ4v) is 2.35. The number of carbonyl (C=O) groups excluding carboxylic acids is 1. The first-order valence-electron chi connectivity index (χ1n) is 6.60. The molecule has 1 aromatic heterocycles. The summed E-state index contributed by atoms with van der Waals surface area (Å²) in [6.07, 6.45) is 1.53. The molecule has 1 aromatic carbocycles. The summed E-state index contributed by atoms with van der Waals surface area (Å²) in [5.74, 6) is -0.00375. The van der Waals surface area contributed by atoms with Crippen LogP contribution in [0.4, 0.5) is 5.69 Å². The molecule has 1 saturated heterocycles. The van der Waals surface area contributed by atoms with E-state index in [1.165, 1.54) is 18.5 Å². The molecule has 8 nitrogen and oxygen atoms in total. The smallest absolute Gasteiger partial charge is 0.271 e. The lowest BCUT2D eigenvalue weighted by atomic mass is 10.3. The predicted molar refractivity (Wildman–Crippen MR) is 73.8 cm³/mol. The number of hydrogen-bond acceptors (Lipinski definition) is 5. The standard InChI is InChI=1S/C13H14N4O4/c18-13(15-3-5-21-6-4-15)8-16-9-14-11-7-10(17(19)20)1-2-12(11)16/h1-2,7,9H,3-6,8H2. The van der Waals surface area contributed by atoms with Gasteiger partial charge in [0, 0.05) is 25.2 Å². The first-order chi connectivity index (χ1) is 10.1. The molecule has 0 aliphatic carbocycles. The Morgan fingerprint density at radius 2 is 2.14 bits per heavy atom. The molecule has 1 aliphatic rings. The number of rotatable bonds is 3. The van der Waals surface area contributed by atoms with Crippen LogP contribution in [0.5, 0.6) is 0 Å². The summed E-state index contributed by atoms with van der Waals surface area (Å²) < 4.78 is 6.92. The number of fused-ring (bicyclic) bond motifs is 1. The van der Waals surface area contributed by atoms with Crippen LogP contribution in [0.3, 0.4) is 0 Å². The van der Waals surface area contributed by atoms with Crippen molar-refractivity contribution in [2.24, 2.45) is 0 Å². The summed E-state index contributed by atoms with van der Waals surface area (Å²) in [7, 11) is 0. The van der Waals surface area contributed by atoms with Gasteiger partial charge in [0.15, 0.2) is 0 Å². The van der Waals surface area contributed by atoms with Gasteiger partial charge in [-0.25, -0.2) is 4.98 Å². The molecule has 1 amide bonds. The van der Waals surface area contributed by atoms with E-state index in [0.717, 1.165) is 0 Å². The molecule has 3 rings (SSSR count). The average Bonchev–Trinajstić information content (AvgIpc) is 2.90. The van der Waals surface area contributed by atoms with Crippen LogP contribution < -0.4 is 0 Å². The van der Waals surface area contributed by atoms with Crippen LogP contribution in [-0.4, -0.2) is 51.6 Å². The van der Waals surface area contributed by atoms with Gasteiger partial charge in [0.05, 0.1) is 35.5 Å². The van der Waals surface area contributed by atoms with Gasteiger partial charge in [0.25, 0.3) is 5.69 Å². The lowest BCUT2D eigenvalue weighted by molar-refractivity contribution is -0.384. The summed E-state index contributed by atoms with van der Waals surface area (Å²) in [6, 6.07) is 4.44. The summed E-state index contributed by atoms with van der Waals surface area (Å²) in [4.78, 5) is 28.3. The van der Waals surface area contributed by atoms with Crippen LogP contribution in [0, 0.1) is 10.1 Å². The van der Waals surface area contributed by atoms with Crippen molar-refractivity contribution in [3.05, 3.63) is 34.6 Å². The maximum Gasteiger partial charge on any atom is 0.271 e. The molecular weight excluding hydrogens is 276 g/mol. The molecule has 1 aliphatic heterocycles. The van der Waals surface area contributed by atoms with Gasteiger partial charge in [0.2, 0.25) is 5.91 Å². The minimum Gasteiger partial charge on any atom is -0.378 e. The van der Waals surface area contributed by atoms with Crippen LogP contribution in [0.1, 0.15) is 0 Å². The van der Waals surface area contributed by atoms with E-state index in [4.69, 9.17) is 4.74 Å². The van der Waals surface area contributed by atoms with Crippen molar-refractivity contribution in [3.63, 3.8) is 0 Å². The minimum atomic E-state index is -0.461. The highest BCUT2D eigenvalue weighted by Crippen LogP contribution is 2.19. The van der Waals surface area contributed by atoms with Crippen molar-refractivity contribution in [3.8, 4) is 0 Å². The fraction of sp³-hybridized carbons (Fsp3) is 0.385. The normalized spacial score (nSPS) is 15.3. The third-order valence-electron chi connectivity index (χ3n) is 3.48. The maximum atomic E-state index is 12.2. The average molecular weight is 290 g/mol. The second-order valence-corrected chi connectivity index (χ2v) is 4.80. The Balaban J connectivity index is 1.80. The third-order valence-corrected chi connectivity index (χ3v) is 3.48. The van der Waals surface area contributed by atoms with E-state index in [2.05, 4.69) is 4.98 Å². The van der Waals surface area contributed by atoms with Crippen molar-refractivity contribution in [2.75, 3.05) is 26.3 Å². The molecular formula is C13H14N4O4. The monoisotopic (exact) mass is 290 g/mol. The molecule has 110 valence electrons. The van der Waals surface area contributed by atoms with Gasteiger partial charge in [-0.2, -0.15) is 0 Å². The van der Waals surface area contributed by atoms with Gasteiger partial charge in [-0.1, -0.05) is 0 Å². The second kappa shape index (κ2) is 5.49. The zero-order valence-electron chi connectivity index (χ0n) is 11.3. The number of carbonyl (C=O) groups is 1. The van der Waals surface area contributed by atoms with Crippen LogP contribution in [0.2, 0.25) is 0 Å². The fourth-order valence-electron chi connectivity index (χ4n) is 2.35. The van der Waals surface area contributed by atoms with Gasteiger partial charge in [-0.05, 0) is 6.07 Å². The summed E-state index contributed by atoms with van der Waals surface area (Å²) in [5, 5.41) is 10.7. The number of imidazole rings is 1. The first kappa shape index (κ1) is 13.5. The van der Waals surface area contributed by atoms with E-state index in [0.29, 0.717) is 37.3 Å². The molecule has 21 heavy (non-hydrogen) atoms. The van der Waals surface area contributed by atoms with Crippen molar-refractivity contribution in [1.82, 2.24) is 14.5 Å². The topological polar surface area (TPSA) is 90.5 Å². The molecule has 0 radical (unpaired) electrons. The minimum absolute atomic E-state index is 0.00375. The van der Waals surface area contributed by atoms with Gasteiger partial charge >= 0.3 is 0 Å². The highest BCUT2D eigenvalue weighted by Gasteiger charge is 2.18. The number of benzene rings is 1. The lowest BCUT2D eigenvalue weighted by Crippen LogP contribution is -2.42.